The number of aliphatic hydroxyl groups is 1. The van der Waals surface area contributed by atoms with Gasteiger partial charge in [-0.3, -0.25) is 0 Å². The lowest BCUT2D eigenvalue weighted by Gasteiger charge is -2.13. The van der Waals surface area contributed by atoms with Crippen molar-refractivity contribution in [3.8, 4) is 5.75 Å². The van der Waals surface area contributed by atoms with Crippen LogP contribution in [0.5, 0.6) is 5.75 Å². The van der Waals surface area contributed by atoms with Crippen molar-refractivity contribution in [2.24, 2.45) is 0 Å². The van der Waals surface area contributed by atoms with Gasteiger partial charge < -0.3 is 15.2 Å². The summed E-state index contributed by atoms with van der Waals surface area (Å²) in [5.74, 6) is 0.593. The van der Waals surface area contributed by atoms with Gasteiger partial charge in [0.25, 0.3) is 0 Å². The number of halogens is 2. The number of nitrogens with one attached hydrogen (secondary N) is 1. The van der Waals surface area contributed by atoms with Crippen molar-refractivity contribution in [1.82, 2.24) is 5.32 Å². The smallest absolute Gasteiger partial charge is 0.138 e. The molecule has 2 aromatic rings. The van der Waals surface area contributed by atoms with Gasteiger partial charge in [-0.25, -0.2) is 0 Å². The molecule has 1 heterocycles. The Labute approximate surface area is 135 Å². The zero-order valence-electron chi connectivity index (χ0n) is 10.7. The molecular weight excluding hydrogens is 362 g/mol. The lowest BCUT2D eigenvalue weighted by atomic mass is 10.3. The summed E-state index contributed by atoms with van der Waals surface area (Å²) in [5.41, 5.74) is 0. The van der Waals surface area contributed by atoms with Crippen molar-refractivity contribution < 1.29 is 9.84 Å². The van der Waals surface area contributed by atoms with Gasteiger partial charge in [0.05, 0.1) is 5.02 Å². The summed E-state index contributed by atoms with van der Waals surface area (Å²) in [6.07, 6.45) is -0.574. The number of ether oxygens (including phenoxy) is 1. The van der Waals surface area contributed by atoms with Crippen LogP contribution in [-0.2, 0) is 6.54 Å². The van der Waals surface area contributed by atoms with Gasteiger partial charge in [0, 0.05) is 27.8 Å². The fraction of sp³-hybridized carbons (Fsp3) is 0.286. The maximum atomic E-state index is 9.85. The summed E-state index contributed by atoms with van der Waals surface area (Å²) < 4.78 is 6.56. The van der Waals surface area contributed by atoms with Gasteiger partial charge in [0.1, 0.15) is 18.5 Å². The van der Waals surface area contributed by atoms with Crippen LogP contribution >= 0.6 is 38.9 Å². The third kappa shape index (κ3) is 5.07. The SMILES string of the molecule is OC(CNCc1cc(Br)cs1)COc1ccccc1Cl. The largest absolute Gasteiger partial charge is 0.489 e. The lowest BCUT2D eigenvalue weighted by Crippen LogP contribution is -2.31. The second-order valence-corrected chi connectivity index (χ2v) is 6.58. The Hall–Kier alpha value is -0.590. The van der Waals surface area contributed by atoms with Gasteiger partial charge in [0.15, 0.2) is 0 Å². The van der Waals surface area contributed by atoms with E-state index in [1.165, 1.54) is 4.88 Å². The summed E-state index contributed by atoms with van der Waals surface area (Å²) in [6.45, 7) is 1.42. The summed E-state index contributed by atoms with van der Waals surface area (Å²) in [4.78, 5) is 1.22. The van der Waals surface area contributed by atoms with E-state index in [2.05, 4.69) is 27.3 Å². The summed E-state index contributed by atoms with van der Waals surface area (Å²) in [7, 11) is 0. The molecule has 1 aromatic heterocycles. The first-order chi connectivity index (χ1) is 9.65. The van der Waals surface area contributed by atoms with Gasteiger partial charge in [0.2, 0.25) is 0 Å². The van der Waals surface area contributed by atoms with Gasteiger partial charge in [-0.2, -0.15) is 0 Å². The number of para-hydroxylation sites is 1. The zero-order valence-corrected chi connectivity index (χ0v) is 13.8. The molecule has 0 aliphatic heterocycles. The molecule has 2 N–H and O–H groups in total. The summed E-state index contributed by atoms with van der Waals surface area (Å²) >= 11 is 11.1. The minimum absolute atomic E-state index is 0.213. The van der Waals surface area contributed by atoms with Crippen LogP contribution in [-0.4, -0.2) is 24.4 Å². The predicted molar refractivity (Wildman–Crippen MR) is 86.7 cm³/mol. The topological polar surface area (TPSA) is 41.5 Å². The van der Waals surface area contributed by atoms with Crippen molar-refractivity contribution in [3.63, 3.8) is 0 Å². The molecule has 0 fully saturated rings. The number of hydrogen-bond donors (Lipinski definition) is 2. The Morgan fingerprint density at radius 2 is 2.20 bits per heavy atom. The normalized spacial score (nSPS) is 12.3. The molecule has 0 aliphatic rings. The maximum Gasteiger partial charge on any atom is 0.138 e. The van der Waals surface area contributed by atoms with Crippen LogP contribution < -0.4 is 10.1 Å². The van der Waals surface area contributed by atoms with E-state index in [-0.39, 0.29) is 6.61 Å². The Balaban J connectivity index is 1.68. The van der Waals surface area contributed by atoms with Crippen LogP contribution in [0, 0.1) is 0 Å². The Bertz CT molecular complexity index is 549. The van der Waals surface area contributed by atoms with Crippen molar-refractivity contribution in [1.29, 1.82) is 0 Å². The van der Waals surface area contributed by atoms with E-state index in [9.17, 15) is 5.11 Å². The minimum atomic E-state index is -0.574. The first-order valence-electron chi connectivity index (χ1n) is 6.14. The Morgan fingerprint density at radius 3 is 2.90 bits per heavy atom. The second kappa shape index (κ2) is 8.00. The number of thiophene rings is 1. The molecule has 2 rings (SSSR count). The van der Waals surface area contributed by atoms with E-state index in [0.29, 0.717) is 17.3 Å². The summed E-state index contributed by atoms with van der Waals surface area (Å²) in [5, 5.41) is 15.6. The van der Waals surface area contributed by atoms with E-state index in [0.717, 1.165) is 11.0 Å². The van der Waals surface area contributed by atoms with Crippen LogP contribution in [0.3, 0.4) is 0 Å². The highest BCUT2D eigenvalue weighted by molar-refractivity contribution is 9.10. The molecular formula is C14H15BrClNO2S. The summed E-state index contributed by atoms with van der Waals surface area (Å²) in [6, 6.07) is 9.29. The molecule has 20 heavy (non-hydrogen) atoms. The molecule has 0 spiro atoms. The maximum absolute atomic E-state index is 9.85. The molecule has 0 radical (unpaired) electrons. The molecule has 0 bridgehead atoms. The van der Waals surface area contributed by atoms with E-state index >= 15 is 0 Å². The van der Waals surface area contributed by atoms with E-state index in [4.69, 9.17) is 16.3 Å². The first kappa shape index (κ1) is 15.8. The van der Waals surface area contributed by atoms with Crippen LogP contribution in [0.1, 0.15) is 4.88 Å². The highest BCUT2D eigenvalue weighted by Crippen LogP contribution is 2.23. The van der Waals surface area contributed by atoms with Gasteiger partial charge in [-0.05, 0) is 34.1 Å². The molecule has 0 saturated carbocycles. The molecule has 1 unspecified atom stereocenters. The van der Waals surface area contributed by atoms with Gasteiger partial charge in [-0.1, -0.05) is 23.7 Å². The number of rotatable bonds is 7. The van der Waals surface area contributed by atoms with Crippen molar-refractivity contribution >= 4 is 38.9 Å². The molecule has 1 aromatic carbocycles. The Kier molecular flexibility index (Phi) is 6.32. The zero-order chi connectivity index (χ0) is 14.4. The second-order valence-electron chi connectivity index (χ2n) is 4.26. The highest BCUT2D eigenvalue weighted by atomic mass is 79.9. The van der Waals surface area contributed by atoms with Crippen LogP contribution in [0.25, 0.3) is 0 Å². The third-order valence-electron chi connectivity index (χ3n) is 2.57. The quantitative estimate of drug-likeness (QED) is 0.774. The first-order valence-corrected chi connectivity index (χ1v) is 8.19. The molecule has 0 saturated heterocycles. The van der Waals surface area contributed by atoms with Crippen molar-refractivity contribution in [2.75, 3.05) is 13.2 Å². The monoisotopic (exact) mass is 375 g/mol. The van der Waals surface area contributed by atoms with Gasteiger partial charge in [-0.15, -0.1) is 11.3 Å². The Morgan fingerprint density at radius 1 is 1.40 bits per heavy atom. The fourth-order valence-electron chi connectivity index (χ4n) is 1.62. The molecule has 0 amide bonds. The van der Waals surface area contributed by atoms with Crippen molar-refractivity contribution in [2.45, 2.75) is 12.6 Å². The van der Waals surface area contributed by atoms with E-state index in [1.54, 1.807) is 23.5 Å². The van der Waals surface area contributed by atoms with E-state index < -0.39 is 6.10 Å². The standard InChI is InChI=1S/C14H15BrClNO2S/c15-10-5-12(20-9-10)7-17-6-11(18)8-19-14-4-2-1-3-13(14)16/h1-5,9,11,17-18H,6-8H2. The molecule has 108 valence electrons. The van der Waals surface area contributed by atoms with Gasteiger partial charge >= 0.3 is 0 Å². The molecule has 3 nitrogen and oxygen atoms in total. The van der Waals surface area contributed by atoms with Crippen molar-refractivity contribution in [3.05, 3.63) is 50.1 Å². The average Bonchev–Trinajstić information content (AvgIpc) is 2.83. The number of hydrogen-bond acceptors (Lipinski definition) is 4. The van der Waals surface area contributed by atoms with Crippen LogP contribution in [0.2, 0.25) is 5.02 Å². The number of benzene rings is 1. The molecule has 0 aliphatic carbocycles. The fourth-order valence-corrected chi connectivity index (χ4v) is 3.23. The molecule has 6 heteroatoms. The van der Waals surface area contributed by atoms with Crippen LogP contribution in [0.4, 0.5) is 0 Å². The third-order valence-corrected chi connectivity index (χ3v) is 4.58. The van der Waals surface area contributed by atoms with E-state index in [1.807, 2.05) is 17.5 Å². The minimum Gasteiger partial charge on any atom is -0.489 e. The highest BCUT2D eigenvalue weighted by Gasteiger charge is 2.07. The predicted octanol–water partition coefficient (Wildman–Crippen LogP) is 3.69. The average molecular weight is 377 g/mol. The molecule has 1 atom stereocenters. The number of aliphatic hydroxyl groups excluding tert-OH is 1. The lowest BCUT2D eigenvalue weighted by molar-refractivity contribution is 0.106. The van der Waals surface area contributed by atoms with Crippen LogP contribution in [0.15, 0.2) is 40.2 Å².